The Bertz CT molecular complexity index is 463. The molecule has 90 valence electrons. The molecule has 3 nitrogen and oxygen atoms in total. The van der Waals surface area contributed by atoms with E-state index < -0.39 is 11.8 Å². The molecule has 0 amide bonds. The maximum Gasteiger partial charge on any atom is 0.310 e. The van der Waals surface area contributed by atoms with E-state index in [0.717, 1.165) is 0 Å². The zero-order valence-corrected chi connectivity index (χ0v) is 9.92. The molecule has 0 aliphatic heterocycles. The van der Waals surface area contributed by atoms with Crippen molar-refractivity contribution in [1.82, 2.24) is 0 Å². The first-order valence-electron chi connectivity index (χ1n) is 5.49. The highest BCUT2D eigenvalue weighted by molar-refractivity contribution is 5.72. The number of nitrogens with zero attached hydrogens (tertiary/aromatic N) is 1. The van der Waals surface area contributed by atoms with Crippen LogP contribution in [0.4, 0.5) is 4.39 Å². The minimum atomic E-state index is -0.578. The maximum atomic E-state index is 13.6. The molecule has 0 radical (unpaired) electrons. The normalized spacial score (nSPS) is 9.76. The fourth-order valence-electron chi connectivity index (χ4n) is 1.61. The summed E-state index contributed by atoms with van der Waals surface area (Å²) in [6.07, 6.45) is 0.583. The molecular weight excluding hydrogens is 221 g/mol. The zero-order valence-electron chi connectivity index (χ0n) is 9.92. The summed E-state index contributed by atoms with van der Waals surface area (Å²) in [6, 6.07) is 4.73. The Morgan fingerprint density at radius 3 is 2.71 bits per heavy atom. The van der Waals surface area contributed by atoms with Gasteiger partial charge in [-0.15, -0.1) is 0 Å². The second kappa shape index (κ2) is 6.00. The second-order valence-electron chi connectivity index (χ2n) is 3.56. The van der Waals surface area contributed by atoms with Crippen LogP contribution in [0.3, 0.4) is 0 Å². The first-order valence-corrected chi connectivity index (χ1v) is 5.49. The number of aryl methyl sites for hydroxylation is 1. The van der Waals surface area contributed by atoms with Gasteiger partial charge < -0.3 is 4.74 Å². The van der Waals surface area contributed by atoms with Crippen LogP contribution in [-0.2, 0) is 22.4 Å². The summed E-state index contributed by atoms with van der Waals surface area (Å²) in [5, 5.41) is 8.81. The number of rotatable bonds is 4. The number of hydrogen-bond acceptors (Lipinski definition) is 3. The molecule has 0 saturated heterocycles. The number of benzene rings is 1. The van der Waals surface area contributed by atoms with Crippen molar-refractivity contribution in [3.05, 3.63) is 34.6 Å². The largest absolute Gasteiger partial charge is 0.466 e. The van der Waals surface area contributed by atoms with Gasteiger partial charge in [0.2, 0.25) is 0 Å². The van der Waals surface area contributed by atoms with Crippen molar-refractivity contribution in [2.75, 3.05) is 6.61 Å². The molecule has 1 rings (SSSR count). The Hall–Kier alpha value is -1.89. The lowest BCUT2D eigenvalue weighted by atomic mass is 10.0. The van der Waals surface area contributed by atoms with E-state index in [4.69, 9.17) is 10.00 Å². The smallest absolute Gasteiger partial charge is 0.310 e. The topological polar surface area (TPSA) is 50.1 Å². The summed E-state index contributed by atoms with van der Waals surface area (Å²) in [5.74, 6) is -0.968. The van der Waals surface area contributed by atoms with Crippen LogP contribution >= 0.6 is 0 Å². The monoisotopic (exact) mass is 235 g/mol. The van der Waals surface area contributed by atoms with Gasteiger partial charge in [-0.05, 0) is 30.5 Å². The van der Waals surface area contributed by atoms with Crippen LogP contribution < -0.4 is 0 Å². The fraction of sp³-hybridized carbons (Fsp3) is 0.385. The summed E-state index contributed by atoms with van der Waals surface area (Å²) in [4.78, 5) is 11.3. The molecule has 0 N–H and O–H groups in total. The molecule has 1 aromatic carbocycles. The molecule has 0 aliphatic carbocycles. The standard InChI is InChI=1S/C13H14FNO2/c1-3-10-5-9(7-13(16)17-4-2)6-12(14)11(10)8-15/h5-6H,3-4,7H2,1-2H3. The molecule has 17 heavy (non-hydrogen) atoms. The number of carbonyl (C=O) groups is 1. The summed E-state index contributed by atoms with van der Waals surface area (Å²) in [5.41, 5.74) is 1.21. The Labute approximate surface area is 99.8 Å². The second-order valence-corrected chi connectivity index (χ2v) is 3.56. The van der Waals surface area contributed by atoms with Crippen LogP contribution in [0.1, 0.15) is 30.5 Å². The first-order chi connectivity index (χ1) is 8.12. The van der Waals surface area contributed by atoms with Gasteiger partial charge in [-0.1, -0.05) is 13.0 Å². The van der Waals surface area contributed by atoms with Crippen molar-refractivity contribution in [1.29, 1.82) is 5.26 Å². The number of halogens is 1. The minimum Gasteiger partial charge on any atom is -0.466 e. The average Bonchev–Trinajstić information content (AvgIpc) is 2.28. The quantitative estimate of drug-likeness (QED) is 0.753. The van der Waals surface area contributed by atoms with Crippen LogP contribution in [0.5, 0.6) is 0 Å². The third-order valence-corrected chi connectivity index (χ3v) is 2.38. The van der Waals surface area contributed by atoms with Crippen LogP contribution in [0.2, 0.25) is 0 Å². The van der Waals surface area contributed by atoms with Crippen LogP contribution in [0.15, 0.2) is 12.1 Å². The van der Waals surface area contributed by atoms with Crippen molar-refractivity contribution in [3.8, 4) is 6.07 Å². The average molecular weight is 235 g/mol. The fourth-order valence-corrected chi connectivity index (χ4v) is 1.61. The highest BCUT2D eigenvalue weighted by Gasteiger charge is 2.12. The Morgan fingerprint density at radius 2 is 2.18 bits per heavy atom. The van der Waals surface area contributed by atoms with E-state index in [2.05, 4.69) is 0 Å². The molecule has 1 aromatic rings. The maximum absolute atomic E-state index is 13.6. The summed E-state index contributed by atoms with van der Waals surface area (Å²) in [7, 11) is 0. The Kier molecular flexibility index (Phi) is 4.65. The van der Waals surface area contributed by atoms with Gasteiger partial charge in [-0.25, -0.2) is 4.39 Å². The molecule has 0 fully saturated rings. The van der Waals surface area contributed by atoms with E-state index in [1.807, 2.05) is 13.0 Å². The van der Waals surface area contributed by atoms with Gasteiger partial charge in [0.25, 0.3) is 0 Å². The molecular formula is C13H14FNO2. The van der Waals surface area contributed by atoms with Gasteiger partial charge in [-0.3, -0.25) is 4.79 Å². The van der Waals surface area contributed by atoms with Crippen molar-refractivity contribution in [3.63, 3.8) is 0 Å². The van der Waals surface area contributed by atoms with E-state index in [9.17, 15) is 9.18 Å². The molecule has 0 bridgehead atoms. The van der Waals surface area contributed by atoms with Gasteiger partial charge in [0.05, 0.1) is 18.6 Å². The van der Waals surface area contributed by atoms with Crippen molar-refractivity contribution in [2.24, 2.45) is 0 Å². The van der Waals surface area contributed by atoms with Crippen LogP contribution in [0, 0.1) is 17.1 Å². The SMILES string of the molecule is CCOC(=O)Cc1cc(F)c(C#N)c(CC)c1. The third kappa shape index (κ3) is 3.28. The zero-order chi connectivity index (χ0) is 12.8. The molecule has 0 aromatic heterocycles. The molecule has 0 unspecified atom stereocenters. The van der Waals surface area contributed by atoms with Crippen LogP contribution in [-0.4, -0.2) is 12.6 Å². The molecule has 0 atom stereocenters. The van der Waals surface area contributed by atoms with Gasteiger partial charge in [0, 0.05) is 0 Å². The molecule has 0 heterocycles. The van der Waals surface area contributed by atoms with E-state index in [-0.39, 0.29) is 12.0 Å². The van der Waals surface area contributed by atoms with E-state index in [0.29, 0.717) is 24.2 Å². The van der Waals surface area contributed by atoms with E-state index >= 15 is 0 Å². The van der Waals surface area contributed by atoms with E-state index in [1.54, 1.807) is 13.0 Å². The predicted octanol–water partition coefficient (Wildman–Crippen LogP) is 2.37. The van der Waals surface area contributed by atoms with Gasteiger partial charge in [-0.2, -0.15) is 5.26 Å². The Morgan fingerprint density at radius 1 is 1.47 bits per heavy atom. The lowest BCUT2D eigenvalue weighted by molar-refractivity contribution is -0.142. The summed E-state index contributed by atoms with van der Waals surface area (Å²) >= 11 is 0. The third-order valence-electron chi connectivity index (χ3n) is 2.38. The van der Waals surface area contributed by atoms with Crippen molar-refractivity contribution in [2.45, 2.75) is 26.7 Å². The molecule has 0 spiro atoms. The molecule has 0 saturated carbocycles. The highest BCUT2D eigenvalue weighted by atomic mass is 19.1. The number of ether oxygens (including phenoxy) is 1. The number of esters is 1. The van der Waals surface area contributed by atoms with Gasteiger partial charge in [0.15, 0.2) is 0 Å². The highest BCUT2D eigenvalue weighted by Crippen LogP contribution is 2.17. The van der Waals surface area contributed by atoms with Gasteiger partial charge >= 0.3 is 5.97 Å². The molecule has 4 heteroatoms. The Balaban J connectivity index is 3.00. The number of nitriles is 1. The van der Waals surface area contributed by atoms with E-state index in [1.165, 1.54) is 6.07 Å². The number of hydrogen-bond donors (Lipinski definition) is 0. The minimum absolute atomic E-state index is 0.0312. The van der Waals surface area contributed by atoms with Crippen LogP contribution in [0.25, 0.3) is 0 Å². The first kappa shape index (κ1) is 13.2. The molecule has 0 aliphatic rings. The lowest BCUT2D eigenvalue weighted by Gasteiger charge is -2.07. The van der Waals surface area contributed by atoms with Gasteiger partial charge in [0.1, 0.15) is 11.9 Å². The van der Waals surface area contributed by atoms with Crippen molar-refractivity contribution >= 4 is 5.97 Å². The predicted molar refractivity (Wildman–Crippen MR) is 60.8 cm³/mol. The lowest BCUT2D eigenvalue weighted by Crippen LogP contribution is -2.08. The summed E-state index contributed by atoms with van der Waals surface area (Å²) in [6.45, 7) is 3.86. The number of carbonyl (C=O) groups excluding carboxylic acids is 1. The summed E-state index contributed by atoms with van der Waals surface area (Å²) < 4.78 is 18.3. The van der Waals surface area contributed by atoms with Crippen molar-refractivity contribution < 1.29 is 13.9 Å².